The second-order valence-corrected chi connectivity index (χ2v) is 2.87. The molecule has 0 aliphatic heterocycles. The first-order valence-electron chi connectivity index (χ1n) is 4.73. The molecule has 0 unspecified atom stereocenters. The summed E-state index contributed by atoms with van der Waals surface area (Å²) in [5.74, 6) is 1.08. The van der Waals surface area contributed by atoms with Crippen LogP contribution in [0.5, 0.6) is 0 Å². The van der Waals surface area contributed by atoms with Crippen molar-refractivity contribution in [1.29, 1.82) is 0 Å². The van der Waals surface area contributed by atoms with Gasteiger partial charge in [-0.15, -0.1) is 0 Å². The van der Waals surface area contributed by atoms with Crippen LogP contribution in [0.2, 0.25) is 0 Å². The van der Waals surface area contributed by atoms with Crippen molar-refractivity contribution in [1.82, 2.24) is 14.8 Å². The molecule has 0 aliphatic carbocycles. The molecule has 0 spiro atoms. The molecule has 1 aromatic rings. The fraction of sp³-hybridized carbons (Fsp3) is 0.667. The van der Waals surface area contributed by atoms with Gasteiger partial charge in [-0.1, -0.05) is 0 Å². The normalized spacial score (nSPS) is 10.2. The third-order valence-corrected chi connectivity index (χ3v) is 1.81. The van der Waals surface area contributed by atoms with E-state index in [-0.39, 0.29) is 12.4 Å². The highest BCUT2D eigenvalue weighted by atomic mass is 16.5. The number of carbonyl (C=O) groups excluding carboxylic acids is 1. The average molecular weight is 197 g/mol. The number of hydrogen-bond acceptors (Lipinski definition) is 4. The van der Waals surface area contributed by atoms with E-state index in [4.69, 9.17) is 4.74 Å². The Bertz CT molecular complexity index is 320. The van der Waals surface area contributed by atoms with Crippen LogP contribution in [0.15, 0.2) is 0 Å². The van der Waals surface area contributed by atoms with Gasteiger partial charge in [0, 0.05) is 6.54 Å². The highest BCUT2D eigenvalue weighted by Crippen LogP contribution is 1.99. The van der Waals surface area contributed by atoms with Crippen LogP contribution < -0.4 is 0 Å². The number of rotatable bonds is 4. The summed E-state index contributed by atoms with van der Waals surface area (Å²) >= 11 is 0. The Morgan fingerprint density at radius 3 is 2.71 bits per heavy atom. The maximum Gasteiger partial charge on any atom is 0.313 e. The Hall–Kier alpha value is -1.39. The molecule has 78 valence electrons. The summed E-state index contributed by atoms with van der Waals surface area (Å²) < 4.78 is 6.56. The average Bonchev–Trinajstić information content (AvgIpc) is 2.46. The van der Waals surface area contributed by atoms with Crippen molar-refractivity contribution >= 4 is 5.97 Å². The first-order valence-corrected chi connectivity index (χ1v) is 4.73. The molecule has 0 bridgehead atoms. The highest BCUT2D eigenvalue weighted by Gasteiger charge is 2.10. The van der Waals surface area contributed by atoms with E-state index in [0.717, 1.165) is 12.4 Å². The predicted octanol–water partition coefficient (Wildman–Crippen LogP) is 0.712. The molecule has 5 heteroatoms. The summed E-state index contributed by atoms with van der Waals surface area (Å²) in [6.45, 7) is 6.79. The number of aryl methyl sites for hydroxylation is 2. The Morgan fingerprint density at radius 2 is 2.21 bits per heavy atom. The quantitative estimate of drug-likeness (QED) is 0.667. The number of esters is 1. The van der Waals surface area contributed by atoms with Crippen molar-refractivity contribution in [2.24, 2.45) is 0 Å². The van der Waals surface area contributed by atoms with Crippen molar-refractivity contribution in [3.63, 3.8) is 0 Å². The van der Waals surface area contributed by atoms with Gasteiger partial charge in [-0.25, -0.2) is 4.98 Å². The number of carbonyl (C=O) groups is 1. The van der Waals surface area contributed by atoms with Gasteiger partial charge in [-0.05, 0) is 20.8 Å². The van der Waals surface area contributed by atoms with Gasteiger partial charge >= 0.3 is 5.97 Å². The topological polar surface area (TPSA) is 57.0 Å². The van der Waals surface area contributed by atoms with E-state index in [2.05, 4.69) is 10.1 Å². The zero-order valence-corrected chi connectivity index (χ0v) is 8.78. The van der Waals surface area contributed by atoms with E-state index >= 15 is 0 Å². The minimum absolute atomic E-state index is 0.154. The van der Waals surface area contributed by atoms with Crippen LogP contribution in [-0.4, -0.2) is 27.3 Å². The molecule has 0 atom stereocenters. The van der Waals surface area contributed by atoms with Crippen LogP contribution in [0.25, 0.3) is 0 Å². The Labute approximate surface area is 83.1 Å². The smallest absolute Gasteiger partial charge is 0.313 e. The summed E-state index contributed by atoms with van der Waals surface area (Å²) in [5, 5.41) is 4.16. The molecule has 14 heavy (non-hydrogen) atoms. The summed E-state index contributed by atoms with van der Waals surface area (Å²) in [6, 6.07) is 0. The van der Waals surface area contributed by atoms with Crippen molar-refractivity contribution in [2.45, 2.75) is 33.7 Å². The van der Waals surface area contributed by atoms with Gasteiger partial charge in [-0.2, -0.15) is 5.10 Å². The molecule has 0 saturated carbocycles. The van der Waals surface area contributed by atoms with Gasteiger partial charge in [0.05, 0.1) is 6.61 Å². The zero-order valence-electron chi connectivity index (χ0n) is 8.78. The molecule has 1 aromatic heterocycles. The van der Waals surface area contributed by atoms with E-state index in [1.165, 1.54) is 0 Å². The molecule has 0 aliphatic rings. The number of aromatic nitrogens is 3. The summed E-state index contributed by atoms with van der Waals surface area (Å²) in [4.78, 5) is 15.3. The second kappa shape index (κ2) is 4.74. The highest BCUT2D eigenvalue weighted by molar-refractivity contribution is 5.71. The van der Waals surface area contributed by atoms with Crippen molar-refractivity contribution in [3.8, 4) is 0 Å². The molecule has 1 rings (SSSR count). The third kappa shape index (κ3) is 2.55. The monoisotopic (exact) mass is 197 g/mol. The first-order chi connectivity index (χ1) is 6.67. The summed E-state index contributed by atoms with van der Waals surface area (Å²) in [7, 11) is 0. The molecule has 0 radical (unpaired) electrons. The van der Waals surface area contributed by atoms with Crippen molar-refractivity contribution in [3.05, 3.63) is 11.6 Å². The lowest BCUT2D eigenvalue weighted by atomic mass is 10.4. The molecular formula is C9H15N3O2. The Kier molecular flexibility index (Phi) is 3.62. The molecule has 0 N–H and O–H groups in total. The minimum atomic E-state index is -0.277. The largest absolute Gasteiger partial charge is 0.466 e. The van der Waals surface area contributed by atoms with E-state index in [0.29, 0.717) is 12.4 Å². The first kappa shape index (κ1) is 10.7. The third-order valence-electron chi connectivity index (χ3n) is 1.81. The number of nitrogens with zero attached hydrogens (tertiary/aromatic N) is 3. The standard InChI is InChI=1S/C9H15N3O2/c1-4-12-7(3)10-8(11-12)6-9(13)14-5-2/h4-6H2,1-3H3. The summed E-state index contributed by atoms with van der Waals surface area (Å²) in [6.07, 6.45) is 0.154. The number of ether oxygens (including phenoxy) is 1. The molecule has 0 fully saturated rings. The van der Waals surface area contributed by atoms with Crippen LogP contribution in [0, 0.1) is 6.92 Å². The fourth-order valence-electron chi connectivity index (χ4n) is 1.19. The molecule has 0 saturated heterocycles. The predicted molar refractivity (Wildman–Crippen MR) is 50.8 cm³/mol. The molecular weight excluding hydrogens is 182 g/mol. The molecule has 0 aromatic carbocycles. The second-order valence-electron chi connectivity index (χ2n) is 2.87. The van der Waals surface area contributed by atoms with Crippen LogP contribution in [0.3, 0.4) is 0 Å². The van der Waals surface area contributed by atoms with Crippen LogP contribution in [0.4, 0.5) is 0 Å². The lowest BCUT2D eigenvalue weighted by molar-refractivity contribution is -0.142. The Balaban J connectivity index is 2.63. The molecule has 5 nitrogen and oxygen atoms in total. The molecule has 0 amide bonds. The Morgan fingerprint density at radius 1 is 1.50 bits per heavy atom. The van der Waals surface area contributed by atoms with Crippen LogP contribution in [-0.2, 0) is 22.5 Å². The maximum atomic E-state index is 11.1. The maximum absolute atomic E-state index is 11.1. The van der Waals surface area contributed by atoms with Crippen molar-refractivity contribution in [2.75, 3.05) is 6.61 Å². The van der Waals surface area contributed by atoms with E-state index < -0.39 is 0 Å². The van der Waals surface area contributed by atoms with E-state index in [9.17, 15) is 4.79 Å². The summed E-state index contributed by atoms with van der Waals surface area (Å²) in [5.41, 5.74) is 0. The van der Waals surface area contributed by atoms with Crippen LogP contribution >= 0.6 is 0 Å². The van der Waals surface area contributed by atoms with Gasteiger partial charge in [0.2, 0.25) is 0 Å². The van der Waals surface area contributed by atoms with E-state index in [1.807, 2.05) is 13.8 Å². The number of hydrogen-bond donors (Lipinski definition) is 0. The molecule has 1 heterocycles. The lowest BCUT2D eigenvalue weighted by Gasteiger charge is -1.97. The lowest BCUT2D eigenvalue weighted by Crippen LogP contribution is -2.09. The van der Waals surface area contributed by atoms with Gasteiger partial charge in [0.1, 0.15) is 12.2 Å². The van der Waals surface area contributed by atoms with Crippen molar-refractivity contribution < 1.29 is 9.53 Å². The fourth-order valence-corrected chi connectivity index (χ4v) is 1.19. The van der Waals surface area contributed by atoms with Gasteiger partial charge in [0.25, 0.3) is 0 Å². The van der Waals surface area contributed by atoms with Crippen LogP contribution in [0.1, 0.15) is 25.5 Å². The van der Waals surface area contributed by atoms with Gasteiger partial charge in [0.15, 0.2) is 5.82 Å². The van der Waals surface area contributed by atoms with Gasteiger partial charge < -0.3 is 4.74 Å². The van der Waals surface area contributed by atoms with E-state index in [1.54, 1.807) is 11.6 Å². The van der Waals surface area contributed by atoms with Gasteiger partial charge in [-0.3, -0.25) is 9.48 Å². The minimum Gasteiger partial charge on any atom is -0.466 e. The SMILES string of the molecule is CCOC(=O)Cc1nc(C)n(CC)n1. The zero-order chi connectivity index (χ0) is 10.6.